The van der Waals surface area contributed by atoms with Gasteiger partial charge in [-0.3, -0.25) is 0 Å². The maximum atomic E-state index is 6.00. The lowest BCUT2D eigenvalue weighted by molar-refractivity contribution is 0.460. The maximum Gasteiger partial charge on any atom is 0.224 e. The molecule has 0 aliphatic heterocycles. The highest BCUT2D eigenvalue weighted by atomic mass is 127. The number of fused-ring (bicyclic) bond motifs is 1. The molecular weight excluding hydrogens is 385 g/mol. The van der Waals surface area contributed by atoms with Crippen LogP contribution in [-0.2, 0) is 5.88 Å². The molecule has 20 heavy (non-hydrogen) atoms. The van der Waals surface area contributed by atoms with Crippen LogP contribution in [0.25, 0.3) is 10.9 Å². The van der Waals surface area contributed by atoms with Crippen LogP contribution in [0, 0.1) is 3.57 Å². The lowest BCUT2D eigenvalue weighted by atomic mass is 10.2. The predicted molar refractivity (Wildman–Crippen MR) is 90.5 cm³/mol. The van der Waals surface area contributed by atoms with Crippen molar-refractivity contribution in [3.05, 3.63) is 63.7 Å². The molecule has 0 unspecified atom stereocenters. The van der Waals surface area contributed by atoms with Crippen LogP contribution < -0.4 is 4.74 Å². The smallest absolute Gasteiger partial charge is 0.224 e. The summed E-state index contributed by atoms with van der Waals surface area (Å²) in [5, 5.41) is 1.07. The Labute approximate surface area is 135 Å². The van der Waals surface area contributed by atoms with Crippen molar-refractivity contribution in [2.75, 3.05) is 0 Å². The van der Waals surface area contributed by atoms with E-state index in [1.54, 1.807) is 0 Å². The highest BCUT2D eigenvalue weighted by Gasteiger charge is 2.08. The minimum atomic E-state index is 0.373. The summed E-state index contributed by atoms with van der Waals surface area (Å²) in [6, 6.07) is 17.8. The quantitative estimate of drug-likeness (QED) is 0.439. The summed E-state index contributed by atoms with van der Waals surface area (Å²) in [6.45, 7) is 0. The van der Waals surface area contributed by atoms with Gasteiger partial charge in [0, 0.05) is 14.5 Å². The summed E-state index contributed by atoms with van der Waals surface area (Å²) in [5.74, 6) is 1.71. The van der Waals surface area contributed by atoms with Gasteiger partial charge >= 0.3 is 0 Å². The Morgan fingerprint density at radius 1 is 1.05 bits per heavy atom. The van der Waals surface area contributed by atoms with Crippen LogP contribution in [0.15, 0.2) is 54.6 Å². The number of aromatic nitrogens is 1. The first-order valence-corrected chi connectivity index (χ1v) is 7.75. The van der Waals surface area contributed by atoms with Crippen molar-refractivity contribution in [2.45, 2.75) is 5.88 Å². The molecule has 0 fully saturated rings. The van der Waals surface area contributed by atoms with Gasteiger partial charge in [0.1, 0.15) is 5.75 Å². The molecule has 0 spiro atoms. The van der Waals surface area contributed by atoms with Gasteiger partial charge in [-0.1, -0.05) is 18.2 Å². The zero-order valence-corrected chi connectivity index (χ0v) is 13.4. The molecule has 0 radical (unpaired) electrons. The minimum absolute atomic E-state index is 0.373. The van der Waals surface area contributed by atoms with Gasteiger partial charge in [-0.2, -0.15) is 0 Å². The summed E-state index contributed by atoms with van der Waals surface area (Å²) in [5.41, 5.74) is 1.80. The molecule has 0 saturated carbocycles. The average molecular weight is 396 g/mol. The molecule has 3 rings (SSSR count). The fourth-order valence-corrected chi connectivity index (χ4v) is 2.49. The van der Waals surface area contributed by atoms with Gasteiger partial charge in [-0.15, -0.1) is 11.6 Å². The molecule has 4 heteroatoms. The maximum absolute atomic E-state index is 6.00. The highest BCUT2D eigenvalue weighted by Crippen LogP contribution is 2.28. The summed E-state index contributed by atoms with van der Waals surface area (Å²) >= 11 is 8.26. The molecule has 1 heterocycles. The van der Waals surface area contributed by atoms with Crippen LogP contribution in [0.1, 0.15) is 5.56 Å². The van der Waals surface area contributed by atoms with Gasteiger partial charge in [0.25, 0.3) is 0 Å². The van der Waals surface area contributed by atoms with E-state index in [4.69, 9.17) is 16.3 Å². The van der Waals surface area contributed by atoms with E-state index < -0.39 is 0 Å². The zero-order chi connectivity index (χ0) is 13.9. The predicted octanol–water partition coefficient (Wildman–Crippen LogP) is 5.37. The second kappa shape index (κ2) is 5.97. The number of alkyl halides is 1. The Morgan fingerprint density at radius 3 is 2.55 bits per heavy atom. The standard InChI is InChI=1S/C16H11ClINO/c17-10-12-9-11-3-1-2-4-15(11)19-16(12)20-14-7-5-13(18)6-8-14/h1-9H,10H2. The van der Waals surface area contributed by atoms with Crippen LogP contribution in [0.2, 0.25) is 0 Å². The number of halogens is 2. The van der Waals surface area contributed by atoms with Crippen molar-refractivity contribution >= 4 is 45.1 Å². The van der Waals surface area contributed by atoms with Crippen LogP contribution >= 0.6 is 34.2 Å². The first-order valence-electron chi connectivity index (χ1n) is 6.14. The van der Waals surface area contributed by atoms with E-state index >= 15 is 0 Å². The topological polar surface area (TPSA) is 22.1 Å². The molecule has 100 valence electrons. The molecule has 1 aromatic heterocycles. The molecule has 0 aliphatic rings. The normalized spacial score (nSPS) is 10.7. The van der Waals surface area contributed by atoms with E-state index in [-0.39, 0.29) is 0 Å². The summed E-state index contributed by atoms with van der Waals surface area (Å²) < 4.78 is 7.03. The number of hydrogen-bond acceptors (Lipinski definition) is 2. The molecule has 0 saturated heterocycles. The Morgan fingerprint density at radius 2 is 1.80 bits per heavy atom. The molecule has 2 nitrogen and oxygen atoms in total. The van der Waals surface area contributed by atoms with Gasteiger partial charge in [0.2, 0.25) is 5.88 Å². The number of rotatable bonds is 3. The second-order valence-electron chi connectivity index (χ2n) is 4.33. The second-order valence-corrected chi connectivity index (χ2v) is 5.85. The van der Waals surface area contributed by atoms with E-state index in [1.165, 1.54) is 3.57 Å². The third kappa shape index (κ3) is 2.88. The van der Waals surface area contributed by atoms with E-state index in [0.717, 1.165) is 22.2 Å². The van der Waals surface area contributed by atoms with Crippen molar-refractivity contribution in [1.82, 2.24) is 4.98 Å². The number of ether oxygens (including phenoxy) is 1. The van der Waals surface area contributed by atoms with Crippen molar-refractivity contribution in [3.63, 3.8) is 0 Å². The van der Waals surface area contributed by atoms with Crippen molar-refractivity contribution in [3.8, 4) is 11.6 Å². The molecular formula is C16H11ClINO. The van der Waals surface area contributed by atoms with Gasteiger partial charge in [-0.05, 0) is 59.0 Å². The van der Waals surface area contributed by atoms with E-state index in [9.17, 15) is 0 Å². The largest absolute Gasteiger partial charge is 0.439 e. The van der Waals surface area contributed by atoms with Crippen LogP contribution in [0.3, 0.4) is 0 Å². The SMILES string of the molecule is ClCc1cc2ccccc2nc1Oc1ccc(I)cc1. The van der Waals surface area contributed by atoms with E-state index in [2.05, 4.69) is 27.6 Å². The van der Waals surface area contributed by atoms with Crippen molar-refractivity contribution in [1.29, 1.82) is 0 Å². The molecule has 3 aromatic rings. The van der Waals surface area contributed by atoms with Crippen molar-refractivity contribution < 1.29 is 4.74 Å². The number of para-hydroxylation sites is 1. The zero-order valence-electron chi connectivity index (χ0n) is 10.5. The fraction of sp³-hybridized carbons (Fsp3) is 0.0625. The average Bonchev–Trinajstić information content (AvgIpc) is 2.49. The van der Waals surface area contributed by atoms with Crippen LogP contribution in [-0.4, -0.2) is 4.98 Å². The van der Waals surface area contributed by atoms with Gasteiger partial charge < -0.3 is 4.74 Å². The van der Waals surface area contributed by atoms with Crippen LogP contribution in [0.5, 0.6) is 11.6 Å². The Bertz CT molecular complexity index is 743. The summed E-state index contributed by atoms with van der Waals surface area (Å²) in [7, 11) is 0. The molecule has 0 bridgehead atoms. The molecule has 2 aromatic carbocycles. The number of benzene rings is 2. The van der Waals surface area contributed by atoms with Gasteiger partial charge in [0.15, 0.2) is 0 Å². The minimum Gasteiger partial charge on any atom is -0.439 e. The fourth-order valence-electron chi connectivity index (χ4n) is 1.94. The number of nitrogens with zero attached hydrogens (tertiary/aromatic N) is 1. The Kier molecular flexibility index (Phi) is 4.08. The first kappa shape index (κ1) is 13.6. The summed E-state index contributed by atoms with van der Waals surface area (Å²) in [4.78, 5) is 4.56. The van der Waals surface area contributed by atoms with Crippen LogP contribution in [0.4, 0.5) is 0 Å². The third-order valence-electron chi connectivity index (χ3n) is 2.94. The van der Waals surface area contributed by atoms with E-state index in [0.29, 0.717) is 11.8 Å². The molecule has 0 N–H and O–H groups in total. The Balaban J connectivity index is 2.03. The van der Waals surface area contributed by atoms with E-state index in [1.807, 2.05) is 54.6 Å². The van der Waals surface area contributed by atoms with Gasteiger partial charge in [0.05, 0.1) is 11.4 Å². The first-order chi connectivity index (χ1) is 9.76. The Hall–Kier alpha value is -1.33. The lowest BCUT2D eigenvalue weighted by Gasteiger charge is -2.10. The molecule has 0 aliphatic carbocycles. The van der Waals surface area contributed by atoms with Gasteiger partial charge in [-0.25, -0.2) is 4.98 Å². The monoisotopic (exact) mass is 395 g/mol. The molecule has 0 amide bonds. The lowest BCUT2D eigenvalue weighted by Crippen LogP contribution is -1.94. The number of hydrogen-bond donors (Lipinski definition) is 0. The third-order valence-corrected chi connectivity index (χ3v) is 3.94. The highest BCUT2D eigenvalue weighted by molar-refractivity contribution is 14.1. The molecule has 0 atom stereocenters. The van der Waals surface area contributed by atoms with Crippen molar-refractivity contribution in [2.24, 2.45) is 0 Å². The summed E-state index contributed by atoms with van der Waals surface area (Å²) in [6.07, 6.45) is 0. The number of pyridine rings is 1.